The average molecular weight is 332 g/mol. The van der Waals surface area contributed by atoms with Crippen LogP contribution in [0.15, 0.2) is 24.4 Å². The molecule has 1 aromatic carbocycles. The molecule has 0 bridgehead atoms. The van der Waals surface area contributed by atoms with Gasteiger partial charge in [0, 0.05) is 32.4 Å². The van der Waals surface area contributed by atoms with Gasteiger partial charge < -0.3 is 15.1 Å². The van der Waals surface area contributed by atoms with Crippen molar-refractivity contribution >= 4 is 29.1 Å². The van der Waals surface area contributed by atoms with E-state index in [9.17, 15) is 0 Å². The molecule has 0 atom stereocenters. The van der Waals surface area contributed by atoms with Crippen LogP contribution >= 0.6 is 11.6 Å². The Labute approximate surface area is 142 Å². The third-order valence-electron chi connectivity index (χ3n) is 4.14. The number of likely N-dealkylation sites (N-methyl/N-ethyl adjacent to an activating group) is 1. The maximum Gasteiger partial charge on any atom is 0.229 e. The van der Waals surface area contributed by atoms with Crippen LogP contribution in [0, 0.1) is 13.8 Å². The highest BCUT2D eigenvalue weighted by Crippen LogP contribution is 2.29. The van der Waals surface area contributed by atoms with Crippen molar-refractivity contribution in [3.63, 3.8) is 0 Å². The summed E-state index contributed by atoms with van der Waals surface area (Å²) in [5, 5.41) is 3.96. The topological polar surface area (TPSA) is 44.3 Å². The summed E-state index contributed by atoms with van der Waals surface area (Å²) < 4.78 is 0. The lowest BCUT2D eigenvalue weighted by atomic mass is 10.1. The van der Waals surface area contributed by atoms with E-state index in [2.05, 4.69) is 38.2 Å². The first-order chi connectivity index (χ1) is 11.0. The highest BCUT2D eigenvalue weighted by molar-refractivity contribution is 6.33. The Hall–Kier alpha value is -1.85. The Balaban J connectivity index is 1.81. The normalized spacial score (nSPS) is 15.7. The second-order valence-electron chi connectivity index (χ2n) is 6.09. The molecule has 6 heteroatoms. The lowest BCUT2D eigenvalue weighted by Crippen LogP contribution is -2.44. The summed E-state index contributed by atoms with van der Waals surface area (Å²) in [6, 6.07) is 6.00. The summed E-state index contributed by atoms with van der Waals surface area (Å²) in [4.78, 5) is 13.6. The molecule has 0 radical (unpaired) electrons. The smallest absolute Gasteiger partial charge is 0.229 e. The molecular formula is C17H22ClN5. The molecule has 0 spiro atoms. The van der Waals surface area contributed by atoms with Crippen LogP contribution in [-0.2, 0) is 0 Å². The van der Waals surface area contributed by atoms with Gasteiger partial charge in [0.15, 0.2) is 0 Å². The molecular weight excluding hydrogens is 310 g/mol. The number of aromatic nitrogens is 2. The van der Waals surface area contributed by atoms with E-state index in [1.54, 1.807) is 6.20 Å². The fraction of sp³-hybridized carbons (Fsp3) is 0.412. The molecule has 1 fully saturated rings. The van der Waals surface area contributed by atoms with Crippen LogP contribution in [0.5, 0.6) is 0 Å². The minimum Gasteiger partial charge on any atom is -0.354 e. The fourth-order valence-electron chi connectivity index (χ4n) is 2.81. The van der Waals surface area contributed by atoms with Crippen LogP contribution in [0.2, 0.25) is 5.02 Å². The molecule has 1 saturated heterocycles. The van der Waals surface area contributed by atoms with Crippen molar-refractivity contribution in [2.75, 3.05) is 43.4 Å². The molecule has 0 saturated carbocycles. The van der Waals surface area contributed by atoms with Gasteiger partial charge in [-0.3, -0.25) is 0 Å². The number of rotatable bonds is 3. The van der Waals surface area contributed by atoms with Crippen molar-refractivity contribution in [3.8, 4) is 0 Å². The van der Waals surface area contributed by atoms with E-state index < -0.39 is 0 Å². The van der Waals surface area contributed by atoms with Crippen molar-refractivity contribution in [1.29, 1.82) is 0 Å². The number of nitrogens with one attached hydrogen (secondary N) is 1. The van der Waals surface area contributed by atoms with E-state index in [1.807, 2.05) is 26.0 Å². The number of hydrogen-bond donors (Lipinski definition) is 1. The van der Waals surface area contributed by atoms with E-state index >= 15 is 0 Å². The molecule has 1 aliphatic heterocycles. The van der Waals surface area contributed by atoms with Gasteiger partial charge in [-0.05, 0) is 44.2 Å². The van der Waals surface area contributed by atoms with Crippen molar-refractivity contribution in [2.45, 2.75) is 13.8 Å². The predicted molar refractivity (Wildman–Crippen MR) is 96.0 cm³/mol. The Morgan fingerprint density at radius 1 is 1.13 bits per heavy atom. The molecule has 122 valence electrons. The Morgan fingerprint density at radius 3 is 2.57 bits per heavy atom. The van der Waals surface area contributed by atoms with Crippen LogP contribution in [-0.4, -0.2) is 48.1 Å². The molecule has 1 aliphatic rings. The van der Waals surface area contributed by atoms with E-state index in [1.165, 1.54) is 0 Å². The average Bonchev–Trinajstić information content (AvgIpc) is 2.52. The number of benzene rings is 1. The van der Waals surface area contributed by atoms with Crippen LogP contribution in [0.1, 0.15) is 11.1 Å². The SMILES string of the molecule is Cc1cc(C)c(Nc2nccc(N3CCN(C)CC3)n2)c(Cl)c1. The lowest BCUT2D eigenvalue weighted by molar-refractivity contribution is 0.312. The number of nitrogens with zero attached hydrogens (tertiary/aromatic N) is 4. The van der Waals surface area contributed by atoms with Crippen LogP contribution in [0.25, 0.3) is 0 Å². The van der Waals surface area contributed by atoms with E-state index in [4.69, 9.17) is 11.6 Å². The van der Waals surface area contributed by atoms with Gasteiger partial charge in [-0.1, -0.05) is 17.7 Å². The lowest BCUT2D eigenvalue weighted by Gasteiger charge is -2.33. The first-order valence-corrected chi connectivity index (χ1v) is 8.21. The highest BCUT2D eigenvalue weighted by atomic mass is 35.5. The van der Waals surface area contributed by atoms with Gasteiger partial charge in [0.1, 0.15) is 5.82 Å². The summed E-state index contributed by atoms with van der Waals surface area (Å²) in [6.45, 7) is 8.14. The molecule has 0 aliphatic carbocycles. The second kappa shape index (κ2) is 6.72. The highest BCUT2D eigenvalue weighted by Gasteiger charge is 2.16. The number of anilines is 3. The monoisotopic (exact) mass is 331 g/mol. The molecule has 5 nitrogen and oxygen atoms in total. The Bertz CT molecular complexity index is 672. The van der Waals surface area contributed by atoms with Gasteiger partial charge in [-0.25, -0.2) is 4.98 Å². The molecule has 23 heavy (non-hydrogen) atoms. The maximum atomic E-state index is 6.36. The second-order valence-corrected chi connectivity index (χ2v) is 6.50. The summed E-state index contributed by atoms with van der Waals surface area (Å²) in [7, 11) is 2.15. The molecule has 0 unspecified atom stereocenters. The van der Waals surface area contributed by atoms with Crippen molar-refractivity contribution < 1.29 is 0 Å². The predicted octanol–water partition coefficient (Wildman–Crippen LogP) is 3.24. The number of hydrogen-bond acceptors (Lipinski definition) is 5. The summed E-state index contributed by atoms with van der Waals surface area (Å²) in [6.07, 6.45) is 1.79. The maximum absolute atomic E-state index is 6.36. The van der Waals surface area contributed by atoms with Gasteiger partial charge in [-0.15, -0.1) is 0 Å². The minimum atomic E-state index is 0.579. The summed E-state index contributed by atoms with van der Waals surface area (Å²) in [5.74, 6) is 1.53. The number of piperazine rings is 1. The third-order valence-corrected chi connectivity index (χ3v) is 4.43. The third kappa shape index (κ3) is 3.74. The molecule has 1 aromatic heterocycles. The van der Waals surface area contributed by atoms with Gasteiger partial charge in [0.2, 0.25) is 5.95 Å². The van der Waals surface area contributed by atoms with Crippen LogP contribution in [0.4, 0.5) is 17.5 Å². The molecule has 3 rings (SSSR count). The minimum absolute atomic E-state index is 0.579. The first-order valence-electron chi connectivity index (χ1n) is 7.83. The number of aryl methyl sites for hydroxylation is 2. The van der Waals surface area contributed by atoms with Gasteiger partial charge in [0.25, 0.3) is 0 Å². The van der Waals surface area contributed by atoms with E-state index in [0.29, 0.717) is 11.0 Å². The summed E-state index contributed by atoms with van der Waals surface area (Å²) in [5.41, 5.74) is 3.10. The molecule has 0 amide bonds. The van der Waals surface area contributed by atoms with Crippen molar-refractivity contribution in [2.24, 2.45) is 0 Å². The molecule has 2 aromatic rings. The molecule has 1 N–H and O–H groups in total. The quantitative estimate of drug-likeness (QED) is 0.935. The van der Waals surface area contributed by atoms with Crippen LogP contribution in [0.3, 0.4) is 0 Å². The largest absolute Gasteiger partial charge is 0.354 e. The zero-order valence-electron chi connectivity index (χ0n) is 13.8. The van der Waals surface area contributed by atoms with Gasteiger partial charge in [-0.2, -0.15) is 4.98 Å². The number of halogens is 1. The van der Waals surface area contributed by atoms with E-state index in [0.717, 1.165) is 48.8 Å². The van der Waals surface area contributed by atoms with Crippen LogP contribution < -0.4 is 10.2 Å². The van der Waals surface area contributed by atoms with Gasteiger partial charge in [0.05, 0.1) is 10.7 Å². The zero-order chi connectivity index (χ0) is 16.4. The molecule has 2 heterocycles. The fourth-order valence-corrected chi connectivity index (χ4v) is 3.18. The van der Waals surface area contributed by atoms with Gasteiger partial charge >= 0.3 is 0 Å². The Kier molecular flexibility index (Phi) is 4.68. The summed E-state index contributed by atoms with van der Waals surface area (Å²) >= 11 is 6.36. The first kappa shape index (κ1) is 16.0. The van der Waals surface area contributed by atoms with Crippen molar-refractivity contribution in [1.82, 2.24) is 14.9 Å². The van der Waals surface area contributed by atoms with E-state index in [-0.39, 0.29) is 0 Å². The Morgan fingerprint density at radius 2 is 1.87 bits per heavy atom. The standard InChI is InChI=1S/C17H22ClN5/c1-12-10-13(2)16(14(18)11-12)21-17-19-5-4-15(20-17)23-8-6-22(3)7-9-23/h4-5,10-11H,6-9H2,1-3H3,(H,19,20,21). The van der Waals surface area contributed by atoms with Crippen molar-refractivity contribution in [3.05, 3.63) is 40.5 Å². The zero-order valence-corrected chi connectivity index (χ0v) is 14.6.